The number of anilines is 3. The Balaban J connectivity index is 1.73. The summed E-state index contributed by atoms with van der Waals surface area (Å²) in [5, 5.41) is 8.06. The summed E-state index contributed by atoms with van der Waals surface area (Å²) in [5.74, 6) is 2.07. The van der Waals surface area contributed by atoms with Crippen molar-refractivity contribution in [3.05, 3.63) is 66.4 Å². The van der Waals surface area contributed by atoms with Gasteiger partial charge in [-0.15, -0.1) is 5.10 Å². The van der Waals surface area contributed by atoms with Crippen LogP contribution in [0.4, 0.5) is 17.2 Å². The third-order valence-corrected chi connectivity index (χ3v) is 4.13. The van der Waals surface area contributed by atoms with Crippen molar-refractivity contribution < 1.29 is 0 Å². The number of aryl methyl sites for hydroxylation is 1. The number of hydrogen-bond acceptors (Lipinski definition) is 5. The van der Waals surface area contributed by atoms with E-state index in [-0.39, 0.29) is 0 Å². The van der Waals surface area contributed by atoms with Crippen LogP contribution in [0.5, 0.6) is 0 Å². The molecule has 6 heteroatoms. The number of hydrogen-bond donors (Lipinski definition) is 1. The Morgan fingerprint density at radius 2 is 1.65 bits per heavy atom. The van der Waals surface area contributed by atoms with Crippen LogP contribution in [0.1, 0.15) is 5.69 Å². The molecule has 26 heavy (non-hydrogen) atoms. The molecule has 0 bridgehead atoms. The van der Waals surface area contributed by atoms with Gasteiger partial charge in [0.05, 0.1) is 0 Å². The zero-order chi connectivity index (χ0) is 18.1. The molecular formula is C20H20N6. The van der Waals surface area contributed by atoms with Crippen molar-refractivity contribution >= 4 is 23.0 Å². The van der Waals surface area contributed by atoms with Gasteiger partial charge in [-0.25, -0.2) is 4.98 Å². The summed E-state index contributed by atoms with van der Waals surface area (Å²) in [4.78, 5) is 11.2. The quantitative estimate of drug-likeness (QED) is 0.608. The molecule has 0 atom stereocenters. The largest absolute Gasteiger partial charge is 0.378 e. The van der Waals surface area contributed by atoms with Crippen LogP contribution in [0.3, 0.4) is 0 Å². The van der Waals surface area contributed by atoms with E-state index in [4.69, 9.17) is 0 Å². The monoisotopic (exact) mass is 344 g/mol. The molecule has 0 radical (unpaired) electrons. The minimum Gasteiger partial charge on any atom is -0.378 e. The Hall–Kier alpha value is -3.41. The molecule has 0 fully saturated rings. The predicted octanol–water partition coefficient (Wildman–Crippen LogP) is 3.91. The van der Waals surface area contributed by atoms with Crippen LogP contribution in [0, 0.1) is 6.92 Å². The van der Waals surface area contributed by atoms with E-state index in [1.807, 2.05) is 69.6 Å². The van der Waals surface area contributed by atoms with Crippen molar-refractivity contribution in [2.24, 2.45) is 0 Å². The van der Waals surface area contributed by atoms with Gasteiger partial charge in [0.25, 0.3) is 5.78 Å². The molecule has 0 amide bonds. The minimum absolute atomic E-state index is 0.580. The Morgan fingerprint density at radius 1 is 0.923 bits per heavy atom. The molecule has 2 aromatic carbocycles. The van der Waals surface area contributed by atoms with E-state index in [9.17, 15) is 0 Å². The van der Waals surface area contributed by atoms with Gasteiger partial charge in [-0.1, -0.05) is 30.3 Å². The zero-order valence-electron chi connectivity index (χ0n) is 15.0. The first-order valence-corrected chi connectivity index (χ1v) is 8.44. The summed E-state index contributed by atoms with van der Waals surface area (Å²) in [6.07, 6.45) is 0. The number of fused-ring (bicyclic) bond motifs is 1. The van der Waals surface area contributed by atoms with Gasteiger partial charge in [-0.2, -0.15) is 9.50 Å². The fourth-order valence-corrected chi connectivity index (χ4v) is 2.78. The van der Waals surface area contributed by atoms with Crippen LogP contribution in [0.2, 0.25) is 0 Å². The average molecular weight is 344 g/mol. The first kappa shape index (κ1) is 16.1. The van der Waals surface area contributed by atoms with Crippen LogP contribution in [0.15, 0.2) is 60.7 Å². The normalized spacial score (nSPS) is 10.9. The summed E-state index contributed by atoms with van der Waals surface area (Å²) >= 11 is 0. The van der Waals surface area contributed by atoms with Crippen molar-refractivity contribution in [2.75, 3.05) is 24.3 Å². The van der Waals surface area contributed by atoms with Gasteiger partial charge in [0.2, 0.25) is 0 Å². The molecule has 0 unspecified atom stereocenters. The van der Waals surface area contributed by atoms with Gasteiger partial charge in [0.15, 0.2) is 5.82 Å². The number of aromatic nitrogens is 4. The third kappa shape index (κ3) is 3.09. The fourth-order valence-electron chi connectivity index (χ4n) is 2.78. The lowest BCUT2D eigenvalue weighted by Crippen LogP contribution is -2.08. The van der Waals surface area contributed by atoms with Gasteiger partial charge in [0, 0.05) is 42.8 Å². The van der Waals surface area contributed by atoms with Crippen molar-refractivity contribution in [1.29, 1.82) is 0 Å². The van der Waals surface area contributed by atoms with Gasteiger partial charge in [-0.05, 0) is 31.2 Å². The number of rotatable bonds is 4. The van der Waals surface area contributed by atoms with Crippen LogP contribution in [0.25, 0.3) is 17.2 Å². The van der Waals surface area contributed by atoms with E-state index in [0.717, 1.165) is 28.5 Å². The Bertz CT molecular complexity index is 1040. The number of benzene rings is 2. The standard InChI is InChI=1S/C20H20N6/c1-14-13-18(22-16-9-11-17(12-10-16)25(2)3)26-20(21-14)23-19(24-26)15-7-5-4-6-8-15/h4-13,22H,1-3H3. The lowest BCUT2D eigenvalue weighted by atomic mass is 10.2. The van der Waals surface area contributed by atoms with E-state index in [1.54, 1.807) is 4.52 Å². The summed E-state index contributed by atoms with van der Waals surface area (Å²) in [6, 6.07) is 20.1. The maximum Gasteiger partial charge on any atom is 0.254 e. The Morgan fingerprint density at radius 3 is 2.35 bits per heavy atom. The molecule has 6 nitrogen and oxygen atoms in total. The second-order valence-corrected chi connectivity index (χ2v) is 6.36. The average Bonchev–Trinajstić information content (AvgIpc) is 3.07. The van der Waals surface area contributed by atoms with Crippen molar-refractivity contribution in [2.45, 2.75) is 6.92 Å². The molecule has 0 saturated carbocycles. The van der Waals surface area contributed by atoms with Crippen LogP contribution in [-0.4, -0.2) is 33.7 Å². The molecular weight excluding hydrogens is 324 g/mol. The molecule has 4 aromatic rings. The number of nitrogens with zero attached hydrogens (tertiary/aromatic N) is 5. The van der Waals surface area contributed by atoms with Gasteiger partial charge in [-0.3, -0.25) is 0 Å². The summed E-state index contributed by atoms with van der Waals surface area (Å²) < 4.78 is 1.75. The van der Waals surface area contributed by atoms with Crippen LogP contribution in [-0.2, 0) is 0 Å². The topological polar surface area (TPSA) is 58.4 Å². The molecule has 2 heterocycles. The number of nitrogens with one attached hydrogen (secondary N) is 1. The Labute approximate surface area is 152 Å². The molecule has 1 N–H and O–H groups in total. The van der Waals surface area contributed by atoms with Crippen LogP contribution < -0.4 is 10.2 Å². The highest BCUT2D eigenvalue weighted by molar-refractivity contribution is 5.64. The van der Waals surface area contributed by atoms with E-state index in [1.165, 1.54) is 0 Å². The first-order valence-electron chi connectivity index (χ1n) is 8.44. The highest BCUT2D eigenvalue weighted by Gasteiger charge is 2.11. The minimum atomic E-state index is 0.580. The van der Waals surface area contributed by atoms with E-state index in [2.05, 4.69) is 37.4 Å². The molecule has 0 aliphatic heterocycles. The molecule has 2 aromatic heterocycles. The molecule has 0 spiro atoms. The first-order chi connectivity index (χ1) is 12.6. The summed E-state index contributed by atoms with van der Waals surface area (Å²) in [6.45, 7) is 1.96. The summed E-state index contributed by atoms with van der Waals surface area (Å²) in [5.41, 5.74) is 3.99. The van der Waals surface area contributed by atoms with Crippen molar-refractivity contribution in [1.82, 2.24) is 19.6 Å². The maximum atomic E-state index is 4.64. The maximum absolute atomic E-state index is 4.64. The van der Waals surface area contributed by atoms with Gasteiger partial charge >= 0.3 is 0 Å². The van der Waals surface area contributed by atoms with Gasteiger partial charge < -0.3 is 10.2 Å². The van der Waals surface area contributed by atoms with E-state index < -0.39 is 0 Å². The lowest BCUT2D eigenvalue weighted by Gasteiger charge is -2.13. The summed E-state index contributed by atoms with van der Waals surface area (Å²) in [7, 11) is 4.05. The highest BCUT2D eigenvalue weighted by Crippen LogP contribution is 2.22. The zero-order valence-corrected chi connectivity index (χ0v) is 15.0. The third-order valence-electron chi connectivity index (χ3n) is 4.13. The SMILES string of the molecule is Cc1cc(Nc2ccc(N(C)C)cc2)n2nc(-c3ccccc3)nc2n1. The predicted molar refractivity (Wildman–Crippen MR) is 105 cm³/mol. The van der Waals surface area contributed by atoms with Crippen molar-refractivity contribution in [3.8, 4) is 11.4 Å². The second-order valence-electron chi connectivity index (χ2n) is 6.36. The van der Waals surface area contributed by atoms with Crippen molar-refractivity contribution in [3.63, 3.8) is 0 Å². The van der Waals surface area contributed by atoms with Crippen LogP contribution >= 0.6 is 0 Å². The van der Waals surface area contributed by atoms with E-state index in [0.29, 0.717) is 11.6 Å². The van der Waals surface area contributed by atoms with Gasteiger partial charge in [0.1, 0.15) is 5.82 Å². The molecule has 0 aliphatic rings. The smallest absolute Gasteiger partial charge is 0.254 e. The molecule has 0 saturated heterocycles. The molecule has 130 valence electrons. The fraction of sp³-hybridized carbons (Fsp3) is 0.150. The Kier molecular flexibility index (Phi) is 4.01. The molecule has 4 rings (SSSR count). The highest BCUT2D eigenvalue weighted by atomic mass is 15.4. The molecule has 0 aliphatic carbocycles. The lowest BCUT2D eigenvalue weighted by molar-refractivity contribution is 0.940. The second kappa shape index (κ2) is 6.48. The van der Waals surface area contributed by atoms with E-state index >= 15 is 0 Å².